The smallest absolute Gasteiger partial charge is 0.223 e. The maximum atomic E-state index is 11.1. The van der Waals surface area contributed by atoms with Crippen molar-refractivity contribution in [1.29, 1.82) is 0 Å². The highest BCUT2D eigenvalue weighted by atomic mass is 32.1. The standard InChI is InChI=1S/C15H19N5O2S/c1-3-22-14-12-7-20(5-4-13(12)16-9-17-14)6-11-8-23-15(19-11)18-10(2)21/h8-9H,3-7H2,1-2H3,(H,18,19,21). The van der Waals surface area contributed by atoms with E-state index in [1.807, 2.05) is 12.3 Å². The number of hydrogen-bond donors (Lipinski definition) is 1. The van der Waals surface area contributed by atoms with Crippen LogP contribution in [0.25, 0.3) is 0 Å². The first-order chi connectivity index (χ1) is 11.2. The summed E-state index contributed by atoms with van der Waals surface area (Å²) < 4.78 is 5.61. The molecule has 0 atom stereocenters. The highest BCUT2D eigenvalue weighted by Crippen LogP contribution is 2.26. The fraction of sp³-hybridized carbons (Fsp3) is 0.467. The van der Waals surface area contributed by atoms with Gasteiger partial charge in [-0.1, -0.05) is 0 Å². The number of hydrogen-bond acceptors (Lipinski definition) is 7. The molecule has 0 bridgehead atoms. The monoisotopic (exact) mass is 333 g/mol. The predicted molar refractivity (Wildman–Crippen MR) is 87.4 cm³/mol. The van der Waals surface area contributed by atoms with Gasteiger partial charge in [-0.2, -0.15) is 0 Å². The lowest BCUT2D eigenvalue weighted by atomic mass is 10.1. The Morgan fingerprint density at radius 1 is 1.48 bits per heavy atom. The molecule has 0 aromatic carbocycles. The lowest BCUT2D eigenvalue weighted by Gasteiger charge is -2.28. The molecule has 0 fully saturated rings. The number of aromatic nitrogens is 3. The molecule has 1 N–H and O–H groups in total. The first-order valence-corrected chi connectivity index (χ1v) is 8.43. The first kappa shape index (κ1) is 15.8. The average Bonchev–Trinajstić information content (AvgIpc) is 2.94. The van der Waals surface area contributed by atoms with Crippen LogP contribution in [-0.2, 0) is 24.3 Å². The summed E-state index contributed by atoms with van der Waals surface area (Å²) in [4.78, 5) is 26.4. The molecule has 0 saturated heterocycles. The summed E-state index contributed by atoms with van der Waals surface area (Å²) in [7, 11) is 0. The van der Waals surface area contributed by atoms with Gasteiger partial charge in [-0.05, 0) is 6.92 Å². The molecule has 0 spiro atoms. The molecule has 0 unspecified atom stereocenters. The van der Waals surface area contributed by atoms with Crippen molar-refractivity contribution in [2.45, 2.75) is 33.4 Å². The van der Waals surface area contributed by atoms with Crippen molar-refractivity contribution in [3.8, 4) is 5.88 Å². The number of carbonyl (C=O) groups excluding carboxylic acids is 1. The van der Waals surface area contributed by atoms with Gasteiger partial charge in [0, 0.05) is 43.9 Å². The van der Waals surface area contributed by atoms with Crippen LogP contribution in [0.15, 0.2) is 11.7 Å². The summed E-state index contributed by atoms with van der Waals surface area (Å²) in [6, 6.07) is 0. The zero-order valence-corrected chi connectivity index (χ0v) is 14.0. The van der Waals surface area contributed by atoms with Crippen LogP contribution in [0.1, 0.15) is 30.8 Å². The van der Waals surface area contributed by atoms with E-state index in [4.69, 9.17) is 4.74 Å². The second-order valence-corrected chi connectivity index (χ2v) is 6.18. The van der Waals surface area contributed by atoms with E-state index < -0.39 is 0 Å². The van der Waals surface area contributed by atoms with Gasteiger partial charge < -0.3 is 10.1 Å². The van der Waals surface area contributed by atoms with Crippen molar-refractivity contribution in [3.63, 3.8) is 0 Å². The third kappa shape index (κ3) is 3.83. The minimum atomic E-state index is -0.101. The van der Waals surface area contributed by atoms with Gasteiger partial charge in [-0.15, -0.1) is 11.3 Å². The van der Waals surface area contributed by atoms with Gasteiger partial charge in [0.1, 0.15) is 6.33 Å². The van der Waals surface area contributed by atoms with E-state index in [1.165, 1.54) is 18.3 Å². The molecule has 3 rings (SSSR count). The maximum absolute atomic E-state index is 11.1. The SMILES string of the molecule is CCOc1ncnc2c1CN(Cc1csc(NC(C)=O)n1)CC2. The topological polar surface area (TPSA) is 80.2 Å². The fourth-order valence-electron chi connectivity index (χ4n) is 2.58. The highest BCUT2D eigenvalue weighted by Gasteiger charge is 2.22. The Hall–Kier alpha value is -2.06. The third-order valence-electron chi connectivity index (χ3n) is 3.54. The highest BCUT2D eigenvalue weighted by molar-refractivity contribution is 7.13. The van der Waals surface area contributed by atoms with Crippen LogP contribution in [-0.4, -0.2) is 38.9 Å². The van der Waals surface area contributed by atoms with Crippen molar-refractivity contribution in [2.75, 3.05) is 18.5 Å². The van der Waals surface area contributed by atoms with Gasteiger partial charge in [0.15, 0.2) is 5.13 Å². The van der Waals surface area contributed by atoms with Crippen LogP contribution in [0.3, 0.4) is 0 Å². The number of amides is 1. The second kappa shape index (κ2) is 7.01. The lowest BCUT2D eigenvalue weighted by Crippen LogP contribution is -2.31. The van der Waals surface area contributed by atoms with Crippen molar-refractivity contribution >= 4 is 22.4 Å². The Bertz CT molecular complexity index is 703. The quantitative estimate of drug-likeness (QED) is 0.899. The first-order valence-electron chi connectivity index (χ1n) is 7.55. The Balaban J connectivity index is 1.69. The van der Waals surface area contributed by atoms with E-state index >= 15 is 0 Å². The van der Waals surface area contributed by atoms with Crippen LogP contribution in [0.4, 0.5) is 5.13 Å². The molecule has 2 aromatic heterocycles. The third-order valence-corrected chi connectivity index (χ3v) is 4.35. The Morgan fingerprint density at radius 2 is 2.35 bits per heavy atom. The lowest BCUT2D eigenvalue weighted by molar-refractivity contribution is -0.114. The summed E-state index contributed by atoms with van der Waals surface area (Å²) in [5.41, 5.74) is 3.09. The number of nitrogens with zero attached hydrogens (tertiary/aromatic N) is 4. The number of fused-ring (bicyclic) bond motifs is 1. The van der Waals surface area contributed by atoms with Crippen molar-refractivity contribution in [1.82, 2.24) is 19.9 Å². The fourth-order valence-corrected chi connectivity index (χ4v) is 3.33. The van der Waals surface area contributed by atoms with Gasteiger partial charge >= 0.3 is 0 Å². The van der Waals surface area contributed by atoms with E-state index in [9.17, 15) is 4.79 Å². The number of anilines is 1. The van der Waals surface area contributed by atoms with Gasteiger partial charge in [0.2, 0.25) is 11.8 Å². The minimum absolute atomic E-state index is 0.101. The maximum Gasteiger partial charge on any atom is 0.223 e. The summed E-state index contributed by atoms with van der Waals surface area (Å²) in [5, 5.41) is 5.33. The van der Waals surface area contributed by atoms with Crippen molar-refractivity contribution in [2.24, 2.45) is 0 Å². The Kier molecular flexibility index (Phi) is 4.82. The normalized spacial score (nSPS) is 14.3. The van der Waals surface area contributed by atoms with Gasteiger partial charge in [0.25, 0.3) is 0 Å². The van der Waals surface area contributed by atoms with Crippen LogP contribution in [0, 0.1) is 0 Å². The summed E-state index contributed by atoms with van der Waals surface area (Å²) in [6.45, 7) is 6.43. The molecular formula is C15H19N5O2S. The molecule has 1 amide bonds. The van der Waals surface area contributed by atoms with Crippen molar-refractivity contribution in [3.05, 3.63) is 28.7 Å². The van der Waals surface area contributed by atoms with Crippen LogP contribution in [0.2, 0.25) is 0 Å². The summed E-state index contributed by atoms with van der Waals surface area (Å²) >= 11 is 1.44. The second-order valence-electron chi connectivity index (χ2n) is 5.32. The number of thiazole rings is 1. The van der Waals surface area contributed by atoms with E-state index in [-0.39, 0.29) is 5.91 Å². The van der Waals surface area contributed by atoms with Crippen LogP contribution >= 0.6 is 11.3 Å². The van der Waals surface area contributed by atoms with Gasteiger partial charge in [0.05, 0.1) is 18.0 Å². The molecular weight excluding hydrogens is 314 g/mol. The number of carbonyl (C=O) groups is 1. The molecule has 1 aliphatic heterocycles. The zero-order chi connectivity index (χ0) is 16.2. The molecule has 0 radical (unpaired) electrons. The van der Waals surface area contributed by atoms with Crippen LogP contribution < -0.4 is 10.1 Å². The number of rotatable bonds is 5. The molecule has 122 valence electrons. The number of ether oxygens (including phenoxy) is 1. The molecule has 23 heavy (non-hydrogen) atoms. The van der Waals surface area contributed by atoms with Crippen LogP contribution in [0.5, 0.6) is 5.88 Å². The molecule has 0 aliphatic carbocycles. The zero-order valence-electron chi connectivity index (χ0n) is 13.2. The average molecular weight is 333 g/mol. The Labute approximate surface area is 138 Å². The van der Waals surface area contributed by atoms with E-state index in [1.54, 1.807) is 6.33 Å². The molecule has 2 aromatic rings. The minimum Gasteiger partial charge on any atom is -0.478 e. The van der Waals surface area contributed by atoms with Gasteiger partial charge in [-0.25, -0.2) is 15.0 Å². The summed E-state index contributed by atoms with van der Waals surface area (Å²) in [5.74, 6) is 0.579. The predicted octanol–water partition coefficient (Wildman–Crippen LogP) is 1.85. The van der Waals surface area contributed by atoms with E-state index in [2.05, 4.69) is 25.2 Å². The largest absolute Gasteiger partial charge is 0.478 e. The summed E-state index contributed by atoms with van der Waals surface area (Å²) in [6.07, 6.45) is 2.44. The molecule has 8 heteroatoms. The van der Waals surface area contributed by atoms with Gasteiger partial charge in [-0.3, -0.25) is 9.69 Å². The van der Waals surface area contributed by atoms with Crippen molar-refractivity contribution < 1.29 is 9.53 Å². The number of nitrogens with one attached hydrogen (secondary N) is 1. The van der Waals surface area contributed by atoms with E-state index in [0.717, 1.165) is 43.0 Å². The molecule has 3 heterocycles. The Morgan fingerprint density at radius 3 is 3.13 bits per heavy atom. The molecule has 0 saturated carbocycles. The molecule has 7 nitrogen and oxygen atoms in total. The molecule has 1 aliphatic rings. The van der Waals surface area contributed by atoms with E-state index in [0.29, 0.717) is 17.6 Å².